The van der Waals surface area contributed by atoms with Crippen molar-refractivity contribution in [3.8, 4) is 11.3 Å². The molecule has 0 amide bonds. The van der Waals surface area contributed by atoms with Crippen LogP contribution in [0.25, 0.3) is 22.2 Å². The minimum absolute atomic E-state index is 0. The first kappa shape index (κ1) is 21.4. The monoisotopic (exact) mass is 407 g/mol. The fourth-order valence-corrected chi connectivity index (χ4v) is 3.17. The Morgan fingerprint density at radius 2 is 1.93 bits per heavy atom. The summed E-state index contributed by atoms with van der Waals surface area (Å²) in [5.41, 5.74) is 2.02. The molecular weight excluding hydrogens is 385 g/mol. The van der Waals surface area contributed by atoms with Gasteiger partial charge in [0.15, 0.2) is 5.52 Å². The van der Waals surface area contributed by atoms with Crippen molar-refractivity contribution in [1.82, 2.24) is 9.88 Å². The van der Waals surface area contributed by atoms with Gasteiger partial charge in [0.1, 0.15) is 18.5 Å². The number of fused-ring (bicyclic) bond motifs is 1. The number of aliphatic hydroxyl groups excluding tert-OH is 1. The van der Waals surface area contributed by atoms with Crippen molar-refractivity contribution >= 4 is 34.9 Å². The third-order valence-corrected chi connectivity index (χ3v) is 4.63. The summed E-state index contributed by atoms with van der Waals surface area (Å²) in [6.45, 7) is 2.26. The molecule has 0 spiro atoms. The average Bonchev–Trinajstić information content (AvgIpc) is 2.63. The molecule has 27 heavy (non-hydrogen) atoms. The molecule has 7 heteroatoms. The molecule has 2 aromatic carbocycles. The third-order valence-electron chi connectivity index (χ3n) is 4.39. The summed E-state index contributed by atoms with van der Waals surface area (Å²) in [5.74, 6) is 0.344. The molecular formula is C20H23Cl2N3O2. The second kappa shape index (κ2) is 9.33. The van der Waals surface area contributed by atoms with Gasteiger partial charge in [-0.1, -0.05) is 55.3 Å². The molecule has 1 unspecified atom stereocenters. The zero-order valence-electron chi connectivity index (χ0n) is 15.3. The highest BCUT2D eigenvalue weighted by atomic mass is 35.5. The molecule has 0 saturated heterocycles. The predicted octanol–water partition coefficient (Wildman–Crippen LogP) is 4.16. The molecule has 1 atom stereocenters. The van der Waals surface area contributed by atoms with Gasteiger partial charge >= 0.3 is 5.82 Å². The van der Waals surface area contributed by atoms with Gasteiger partial charge in [-0.25, -0.2) is 4.73 Å². The molecule has 0 fully saturated rings. The van der Waals surface area contributed by atoms with Crippen LogP contribution in [-0.4, -0.2) is 28.3 Å². The number of nitrogens with zero attached hydrogens (tertiary/aromatic N) is 3. The Labute approximate surface area is 170 Å². The fourth-order valence-electron chi connectivity index (χ4n) is 2.99. The second-order valence-corrected chi connectivity index (χ2v) is 6.82. The summed E-state index contributed by atoms with van der Waals surface area (Å²) in [4.78, 5) is 6.26. The second-order valence-electron chi connectivity index (χ2n) is 6.38. The Balaban J connectivity index is 0.00000261. The SMILES string of the molecule is CCCC(O)N(C)Cc1nc2ccc(Cl)cc2c(-c2ccccc2)[n+]1[O-].Cl. The first-order chi connectivity index (χ1) is 12.5. The van der Waals surface area contributed by atoms with Crippen LogP contribution in [0, 0.1) is 5.21 Å². The zero-order chi connectivity index (χ0) is 18.7. The number of rotatable bonds is 6. The van der Waals surface area contributed by atoms with E-state index in [0.717, 1.165) is 16.7 Å². The summed E-state index contributed by atoms with van der Waals surface area (Å²) >= 11 is 6.15. The minimum atomic E-state index is -0.608. The van der Waals surface area contributed by atoms with E-state index in [1.807, 2.05) is 43.3 Å². The maximum Gasteiger partial charge on any atom is 0.316 e. The number of benzene rings is 2. The summed E-state index contributed by atoms with van der Waals surface area (Å²) < 4.78 is 0.850. The van der Waals surface area contributed by atoms with E-state index < -0.39 is 6.23 Å². The largest absolute Gasteiger partial charge is 0.710 e. The molecule has 5 nitrogen and oxygen atoms in total. The smallest absolute Gasteiger partial charge is 0.316 e. The highest BCUT2D eigenvalue weighted by molar-refractivity contribution is 6.31. The highest BCUT2D eigenvalue weighted by Crippen LogP contribution is 2.27. The molecule has 3 rings (SSSR count). The topological polar surface area (TPSA) is 63.3 Å². The molecule has 0 aliphatic carbocycles. The van der Waals surface area contributed by atoms with Crippen molar-refractivity contribution in [3.63, 3.8) is 0 Å². The van der Waals surface area contributed by atoms with Gasteiger partial charge in [0.05, 0.1) is 5.39 Å². The van der Waals surface area contributed by atoms with E-state index >= 15 is 0 Å². The van der Waals surface area contributed by atoms with Crippen LogP contribution in [-0.2, 0) is 6.54 Å². The van der Waals surface area contributed by atoms with Gasteiger partial charge in [-0.15, -0.1) is 12.4 Å². The van der Waals surface area contributed by atoms with Gasteiger partial charge in [0.2, 0.25) is 0 Å². The Bertz CT molecular complexity index is 907. The lowest BCUT2D eigenvalue weighted by molar-refractivity contribution is -0.606. The van der Waals surface area contributed by atoms with E-state index in [2.05, 4.69) is 4.98 Å². The van der Waals surface area contributed by atoms with Crippen LogP contribution in [0.1, 0.15) is 25.6 Å². The van der Waals surface area contributed by atoms with Crippen molar-refractivity contribution in [3.05, 3.63) is 64.6 Å². The van der Waals surface area contributed by atoms with Crippen LogP contribution in [0.3, 0.4) is 0 Å². The van der Waals surface area contributed by atoms with Crippen molar-refractivity contribution in [2.75, 3.05) is 7.05 Å². The van der Waals surface area contributed by atoms with Crippen LogP contribution in [0.15, 0.2) is 48.5 Å². The lowest BCUT2D eigenvalue weighted by atomic mass is 10.1. The van der Waals surface area contributed by atoms with E-state index in [0.29, 0.717) is 33.9 Å². The van der Waals surface area contributed by atoms with Gasteiger partial charge in [-0.05, 0) is 36.7 Å². The number of halogens is 2. The first-order valence-electron chi connectivity index (χ1n) is 8.66. The Morgan fingerprint density at radius 1 is 1.22 bits per heavy atom. The normalized spacial score (nSPS) is 12.2. The van der Waals surface area contributed by atoms with Crippen LogP contribution < -0.4 is 4.73 Å². The van der Waals surface area contributed by atoms with E-state index in [1.165, 1.54) is 0 Å². The quantitative estimate of drug-likeness (QED) is 0.378. The van der Waals surface area contributed by atoms with Gasteiger partial charge in [-0.2, -0.15) is 0 Å². The van der Waals surface area contributed by atoms with Crippen molar-refractivity contribution in [2.24, 2.45) is 0 Å². The summed E-state index contributed by atoms with van der Waals surface area (Å²) in [5, 5.41) is 24.6. The molecule has 1 heterocycles. The molecule has 0 bridgehead atoms. The first-order valence-corrected chi connectivity index (χ1v) is 9.04. The standard InChI is InChI=1S/C20H22ClN3O2.ClH/c1-3-7-19(25)23(2)13-18-22-17-11-10-15(21)12-16(17)20(24(18)26)14-8-5-4-6-9-14;/h4-6,8-12,19,25H,3,7,13H2,1-2H3;1H. The molecule has 3 aromatic rings. The van der Waals surface area contributed by atoms with Gasteiger partial charge in [0.25, 0.3) is 0 Å². The lowest BCUT2D eigenvalue weighted by Gasteiger charge is -2.23. The van der Waals surface area contributed by atoms with Gasteiger partial charge in [0, 0.05) is 10.6 Å². The van der Waals surface area contributed by atoms with E-state index in [1.54, 1.807) is 24.1 Å². The molecule has 1 aromatic heterocycles. The fraction of sp³-hybridized carbons (Fsp3) is 0.300. The van der Waals surface area contributed by atoms with Crippen molar-refractivity contribution < 1.29 is 9.84 Å². The average molecular weight is 408 g/mol. The molecule has 0 aliphatic rings. The van der Waals surface area contributed by atoms with Crippen molar-refractivity contribution in [1.29, 1.82) is 0 Å². The van der Waals surface area contributed by atoms with Crippen LogP contribution >= 0.6 is 24.0 Å². The highest BCUT2D eigenvalue weighted by Gasteiger charge is 2.23. The molecule has 0 aliphatic heterocycles. The Morgan fingerprint density at radius 3 is 2.59 bits per heavy atom. The number of aliphatic hydroxyl groups is 1. The van der Waals surface area contributed by atoms with Crippen molar-refractivity contribution in [2.45, 2.75) is 32.5 Å². The Hall–Kier alpha value is -1.92. The van der Waals surface area contributed by atoms with Crippen LogP contribution in [0.4, 0.5) is 0 Å². The predicted molar refractivity (Wildman–Crippen MR) is 111 cm³/mol. The van der Waals surface area contributed by atoms with E-state index in [9.17, 15) is 10.3 Å². The maximum absolute atomic E-state index is 13.1. The summed E-state index contributed by atoms with van der Waals surface area (Å²) in [6.07, 6.45) is 0.897. The van der Waals surface area contributed by atoms with Crippen LogP contribution in [0.2, 0.25) is 5.02 Å². The summed E-state index contributed by atoms with van der Waals surface area (Å²) in [7, 11) is 1.79. The number of hydrogen-bond donors (Lipinski definition) is 1. The third kappa shape index (κ3) is 4.68. The van der Waals surface area contributed by atoms with E-state index in [4.69, 9.17) is 11.6 Å². The number of aromatic nitrogens is 2. The minimum Gasteiger partial charge on any atom is -0.710 e. The molecule has 0 saturated carbocycles. The molecule has 0 radical (unpaired) electrons. The Kier molecular flexibility index (Phi) is 7.39. The van der Waals surface area contributed by atoms with Crippen LogP contribution in [0.5, 0.6) is 0 Å². The van der Waals surface area contributed by atoms with E-state index in [-0.39, 0.29) is 19.0 Å². The maximum atomic E-state index is 13.1. The summed E-state index contributed by atoms with van der Waals surface area (Å²) in [6, 6.07) is 14.8. The molecule has 144 valence electrons. The lowest BCUT2D eigenvalue weighted by Crippen LogP contribution is -2.41. The van der Waals surface area contributed by atoms with Gasteiger partial charge < -0.3 is 10.3 Å². The number of hydrogen-bond acceptors (Lipinski definition) is 4. The zero-order valence-corrected chi connectivity index (χ0v) is 16.9. The molecule has 1 N–H and O–H groups in total. The van der Waals surface area contributed by atoms with Gasteiger partial charge in [-0.3, -0.25) is 4.90 Å².